The van der Waals surface area contributed by atoms with Crippen molar-refractivity contribution in [1.29, 1.82) is 0 Å². The number of urea groups is 1. The Morgan fingerprint density at radius 3 is 2.86 bits per heavy atom. The second kappa shape index (κ2) is 6.34. The van der Waals surface area contributed by atoms with Crippen LogP contribution in [0.5, 0.6) is 0 Å². The fraction of sp³-hybridized carbons (Fsp3) is 0.500. The van der Waals surface area contributed by atoms with Gasteiger partial charge in [0.1, 0.15) is 12.4 Å². The lowest BCUT2D eigenvalue weighted by Crippen LogP contribution is -2.57. The van der Waals surface area contributed by atoms with Crippen molar-refractivity contribution in [3.8, 4) is 0 Å². The predicted molar refractivity (Wildman–Crippen MR) is 82.0 cm³/mol. The molecule has 22 heavy (non-hydrogen) atoms. The van der Waals surface area contributed by atoms with E-state index in [1.165, 1.54) is 17.0 Å². The van der Waals surface area contributed by atoms with Gasteiger partial charge in [-0.05, 0) is 24.6 Å². The highest BCUT2D eigenvalue weighted by Crippen LogP contribution is 2.22. The van der Waals surface area contributed by atoms with Gasteiger partial charge in [0.25, 0.3) is 0 Å². The summed E-state index contributed by atoms with van der Waals surface area (Å²) >= 11 is 0. The van der Waals surface area contributed by atoms with Crippen LogP contribution in [0.2, 0.25) is 0 Å². The van der Waals surface area contributed by atoms with Crippen molar-refractivity contribution in [3.05, 3.63) is 35.6 Å². The van der Waals surface area contributed by atoms with Gasteiger partial charge < -0.3 is 15.5 Å². The zero-order valence-electron chi connectivity index (χ0n) is 13.1. The van der Waals surface area contributed by atoms with Crippen molar-refractivity contribution < 1.29 is 14.0 Å². The minimum atomic E-state index is -0.401. The fourth-order valence-corrected chi connectivity index (χ4v) is 2.51. The zero-order valence-corrected chi connectivity index (χ0v) is 13.1. The summed E-state index contributed by atoms with van der Waals surface area (Å²) in [5, 5.41) is 5.60. The third kappa shape index (κ3) is 3.96. The Morgan fingerprint density at radius 2 is 2.23 bits per heavy atom. The molecule has 0 bridgehead atoms. The zero-order chi connectivity index (χ0) is 16.3. The number of hydrogen-bond donors (Lipinski definition) is 2. The van der Waals surface area contributed by atoms with Crippen LogP contribution in [0, 0.1) is 5.82 Å². The van der Waals surface area contributed by atoms with Crippen LogP contribution in [0.25, 0.3) is 0 Å². The van der Waals surface area contributed by atoms with Gasteiger partial charge in [-0.2, -0.15) is 0 Å². The molecule has 0 radical (unpaired) electrons. The normalized spacial score (nSPS) is 18.8. The van der Waals surface area contributed by atoms with E-state index in [9.17, 15) is 14.0 Å². The molecule has 2 N–H and O–H groups in total. The number of nitrogens with zero attached hydrogens (tertiary/aromatic N) is 1. The monoisotopic (exact) mass is 307 g/mol. The Bertz CT molecular complexity index is 574. The molecule has 1 unspecified atom stereocenters. The van der Waals surface area contributed by atoms with Crippen LogP contribution in [-0.2, 0) is 10.2 Å². The number of hydrogen-bond acceptors (Lipinski definition) is 2. The number of carbonyl (C=O) groups excluding carboxylic acids is 2. The Kier molecular flexibility index (Phi) is 4.68. The van der Waals surface area contributed by atoms with Crippen molar-refractivity contribution in [3.63, 3.8) is 0 Å². The lowest BCUT2D eigenvalue weighted by atomic mass is 9.84. The van der Waals surface area contributed by atoms with Crippen molar-refractivity contribution in [1.82, 2.24) is 15.5 Å². The predicted octanol–water partition coefficient (Wildman–Crippen LogP) is 1.63. The van der Waals surface area contributed by atoms with Gasteiger partial charge in [-0.1, -0.05) is 26.0 Å². The lowest BCUT2D eigenvalue weighted by molar-refractivity contribution is -0.124. The smallest absolute Gasteiger partial charge is 0.317 e. The van der Waals surface area contributed by atoms with Gasteiger partial charge in [-0.25, -0.2) is 9.18 Å². The molecule has 0 aliphatic carbocycles. The second-order valence-corrected chi connectivity index (χ2v) is 6.40. The Balaban J connectivity index is 1.96. The number of rotatable bonds is 3. The third-order valence-electron chi connectivity index (χ3n) is 3.81. The Morgan fingerprint density at radius 1 is 1.50 bits per heavy atom. The minimum absolute atomic E-state index is 0.0526. The maximum atomic E-state index is 13.3. The molecule has 0 spiro atoms. The summed E-state index contributed by atoms with van der Waals surface area (Å²) in [5.41, 5.74) is 0.416. The molecule has 0 saturated carbocycles. The van der Waals surface area contributed by atoms with E-state index in [0.29, 0.717) is 13.1 Å². The number of carbonyl (C=O) groups is 2. The van der Waals surface area contributed by atoms with Gasteiger partial charge in [0.2, 0.25) is 5.91 Å². The highest BCUT2D eigenvalue weighted by molar-refractivity contribution is 5.85. The van der Waals surface area contributed by atoms with Crippen LogP contribution in [0.4, 0.5) is 9.18 Å². The van der Waals surface area contributed by atoms with Crippen molar-refractivity contribution in [2.24, 2.45) is 0 Å². The molecule has 1 aliphatic rings. The number of nitrogens with one attached hydrogen (secondary N) is 2. The first kappa shape index (κ1) is 16.3. The molecule has 6 heteroatoms. The van der Waals surface area contributed by atoms with E-state index < -0.39 is 5.41 Å². The average Bonchev–Trinajstić information content (AvgIpc) is 2.44. The first-order valence-electron chi connectivity index (χ1n) is 7.36. The van der Waals surface area contributed by atoms with E-state index in [1.807, 2.05) is 26.8 Å². The molecule has 120 valence electrons. The van der Waals surface area contributed by atoms with Gasteiger partial charge >= 0.3 is 6.03 Å². The molecule has 2 rings (SSSR count). The van der Waals surface area contributed by atoms with Gasteiger partial charge in [0.05, 0.1) is 0 Å². The van der Waals surface area contributed by atoms with Crippen LogP contribution in [0.1, 0.15) is 26.3 Å². The second-order valence-electron chi connectivity index (χ2n) is 6.40. The van der Waals surface area contributed by atoms with E-state index in [-0.39, 0.29) is 30.3 Å². The Hall–Kier alpha value is -2.11. The number of amides is 3. The van der Waals surface area contributed by atoms with E-state index in [1.54, 1.807) is 6.07 Å². The molecule has 1 aliphatic heterocycles. The summed E-state index contributed by atoms with van der Waals surface area (Å²) in [6.45, 7) is 6.64. The first-order valence-corrected chi connectivity index (χ1v) is 7.36. The lowest BCUT2D eigenvalue weighted by Gasteiger charge is -2.33. The fourth-order valence-electron chi connectivity index (χ4n) is 2.51. The maximum absolute atomic E-state index is 13.3. The molecular weight excluding hydrogens is 285 g/mol. The maximum Gasteiger partial charge on any atom is 0.317 e. The molecule has 3 amide bonds. The number of piperazine rings is 1. The Labute approximate surface area is 129 Å². The summed E-state index contributed by atoms with van der Waals surface area (Å²) in [5.74, 6) is -0.447. The summed E-state index contributed by atoms with van der Waals surface area (Å²) in [4.78, 5) is 25.2. The van der Waals surface area contributed by atoms with E-state index in [2.05, 4.69) is 10.6 Å². The molecule has 1 aromatic carbocycles. The summed E-state index contributed by atoms with van der Waals surface area (Å²) in [6.07, 6.45) is 0. The molecular formula is C16H22FN3O2. The summed E-state index contributed by atoms with van der Waals surface area (Å²) in [6, 6.07) is 6.04. The van der Waals surface area contributed by atoms with Crippen molar-refractivity contribution >= 4 is 11.9 Å². The third-order valence-corrected chi connectivity index (χ3v) is 3.81. The standard InChI is InChI=1S/C16H22FN3O2/c1-11-8-20(9-14(21)19-11)15(22)18-10-16(2,3)12-5-4-6-13(17)7-12/h4-7,11H,8-10H2,1-3H3,(H,18,22)(H,19,21). The van der Waals surface area contributed by atoms with Crippen LogP contribution in [0.15, 0.2) is 24.3 Å². The van der Waals surface area contributed by atoms with Crippen LogP contribution < -0.4 is 10.6 Å². The molecule has 0 aromatic heterocycles. The van der Waals surface area contributed by atoms with Crippen molar-refractivity contribution in [2.75, 3.05) is 19.6 Å². The van der Waals surface area contributed by atoms with E-state index in [4.69, 9.17) is 0 Å². The van der Waals surface area contributed by atoms with Crippen LogP contribution in [-0.4, -0.2) is 42.5 Å². The topological polar surface area (TPSA) is 61.4 Å². The molecule has 5 nitrogen and oxygen atoms in total. The SMILES string of the molecule is CC1CN(C(=O)NCC(C)(C)c2cccc(F)c2)CC(=O)N1. The quantitative estimate of drug-likeness (QED) is 0.891. The number of benzene rings is 1. The van der Waals surface area contributed by atoms with E-state index >= 15 is 0 Å². The highest BCUT2D eigenvalue weighted by atomic mass is 19.1. The minimum Gasteiger partial charge on any atom is -0.350 e. The highest BCUT2D eigenvalue weighted by Gasteiger charge is 2.27. The molecule has 1 fully saturated rings. The van der Waals surface area contributed by atoms with Gasteiger partial charge in [0.15, 0.2) is 0 Å². The summed E-state index contributed by atoms with van der Waals surface area (Å²) in [7, 11) is 0. The van der Waals surface area contributed by atoms with Gasteiger partial charge in [0, 0.05) is 24.5 Å². The van der Waals surface area contributed by atoms with Gasteiger partial charge in [-0.15, -0.1) is 0 Å². The molecule has 1 saturated heterocycles. The van der Waals surface area contributed by atoms with E-state index in [0.717, 1.165) is 5.56 Å². The molecule has 1 aromatic rings. The first-order chi connectivity index (χ1) is 10.3. The van der Waals surface area contributed by atoms with Gasteiger partial charge in [-0.3, -0.25) is 4.79 Å². The largest absolute Gasteiger partial charge is 0.350 e. The van der Waals surface area contributed by atoms with Crippen LogP contribution in [0.3, 0.4) is 0 Å². The molecule has 1 atom stereocenters. The molecule has 1 heterocycles. The average molecular weight is 307 g/mol. The van der Waals surface area contributed by atoms with Crippen molar-refractivity contribution in [2.45, 2.75) is 32.2 Å². The van der Waals surface area contributed by atoms with Crippen LogP contribution >= 0.6 is 0 Å². The number of halogens is 1. The summed E-state index contributed by atoms with van der Waals surface area (Å²) < 4.78 is 13.3.